The minimum Gasteiger partial charge on any atom is -0.393 e. The molecular weight excluding hydrogens is 316 g/mol. The van der Waals surface area contributed by atoms with Gasteiger partial charge in [-0.05, 0) is 30.9 Å². The van der Waals surface area contributed by atoms with Crippen molar-refractivity contribution in [2.75, 3.05) is 13.6 Å². The first kappa shape index (κ1) is 17.7. The minimum atomic E-state index is -0.286. The number of aliphatic hydroxyl groups is 1. The fourth-order valence-corrected chi connectivity index (χ4v) is 3.58. The zero-order valence-electron chi connectivity index (χ0n) is 15.2. The molecule has 1 aromatic carbocycles. The molecule has 0 aliphatic heterocycles. The number of para-hydroxylation sites is 2. The Bertz CT molecular complexity index is 694. The van der Waals surface area contributed by atoms with Crippen molar-refractivity contribution in [3.63, 3.8) is 0 Å². The van der Waals surface area contributed by atoms with Crippen molar-refractivity contribution < 1.29 is 9.90 Å². The number of fused-ring (bicyclic) bond motifs is 1. The molecule has 3 unspecified atom stereocenters. The topological polar surface area (TPSA) is 81.2 Å². The van der Waals surface area contributed by atoms with Crippen LogP contribution in [0.3, 0.4) is 0 Å². The van der Waals surface area contributed by atoms with E-state index < -0.39 is 0 Å². The molecule has 0 bridgehead atoms. The van der Waals surface area contributed by atoms with E-state index in [9.17, 15) is 9.90 Å². The number of imidazole rings is 1. The molecule has 1 aliphatic rings. The van der Waals surface area contributed by atoms with Crippen LogP contribution in [-0.4, -0.2) is 45.7 Å². The fourth-order valence-electron chi connectivity index (χ4n) is 3.58. The van der Waals surface area contributed by atoms with Gasteiger partial charge in [0.25, 0.3) is 0 Å². The Kier molecular flexibility index (Phi) is 5.27. The quantitative estimate of drug-likeness (QED) is 0.780. The Balaban J connectivity index is 1.69. The van der Waals surface area contributed by atoms with Gasteiger partial charge < -0.3 is 20.3 Å². The molecule has 6 nitrogen and oxygen atoms in total. The lowest BCUT2D eigenvalue weighted by Crippen LogP contribution is -2.44. The number of carbonyl (C=O) groups excluding carboxylic acids is 1. The van der Waals surface area contributed by atoms with Crippen molar-refractivity contribution in [1.29, 1.82) is 0 Å². The maximum Gasteiger partial charge on any atom is 0.317 e. The molecule has 1 saturated carbocycles. The Morgan fingerprint density at radius 1 is 1.40 bits per heavy atom. The third-order valence-corrected chi connectivity index (χ3v) is 5.12. The van der Waals surface area contributed by atoms with Crippen LogP contribution < -0.4 is 5.32 Å². The van der Waals surface area contributed by atoms with Crippen LogP contribution >= 0.6 is 0 Å². The lowest BCUT2D eigenvalue weighted by atomic mass is 10.0. The van der Waals surface area contributed by atoms with E-state index in [4.69, 9.17) is 0 Å². The summed E-state index contributed by atoms with van der Waals surface area (Å²) in [5, 5.41) is 13.1. The summed E-state index contributed by atoms with van der Waals surface area (Å²) in [7, 11) is 1.79. The number of urea groups is 1. The van der Waals surface area contributed by atoms with Crippen LogP contribution in [0.4, 0.5) is 4.79 Å². The highest BCUT2D eigenvalue weighted by Crippen LogP contribution is 2.26. The van der Waals surface area contributed by atoms with Crippen molar-refractivity contribution >= 4 is 17.1 Å². The standard InChI is InChI=1S/C19H28N4O2/c1-12(2)17(18-20-14-8-4-5-9-15(14)21-18)22-19(25)23(3)11-13-7-6-10-16(13)24/h4-5,8-9,12-13,16-17,24H,6-7,10-11H2,1-3H3,(H,20,21)(H,22,25). The number of nitrogens with zero attached hydrogens (tertiary/aromatic N) is 2. The molecule has 1 heterocycles. The predicted molar refractivity (Wildman–Crippen MR) is 98.2 cm³/mol. The molecule has 1 fully saturated rings. The molecule has 6 heteroatoms. The number of aliphatic hydroxyl groups excluding tert-OH is 1. The summed E-state index contributed by atoms with van der Waals surface area (Å²) in [6.45, 7) is 4.72. The highest BCUT2D eigenvalue weighted by atomic mass is 16.3. The highest BCUT2D eigenvalue weighted by molar-refractivity contribution is 5.76. The van der Waals surface area contributed by atoms with Crippen LogP contribution in [0.15, 0.2) is 24.3 Å². The molecule has 0 saturated heterocycles. The SMILES string of the molecule is CC(C)C(NC(=O)N(C)CC1CCCC1O)c1nc2ccccc2[nH]1. The number of H-pyrrole nitrogens is 1. The van der Waals surface area contributed by atoms with Crippen molar-refractivity contribution in [3.8, 4) is 0 Å². The Morgan fingerprint density at radius 2 is 2.16 bits per heavy atom. The van der Waals surface area contributed by atoms with Gasteiger partial charge >= 0.3 is 6.03 Å². The van der Waals surface area contributed by atoms with Gasteiger partial charge in [-0.15, -0.1) is 0 Å². The Morgan fingerprint density at radius 3 is 2.80 bits per heavy atom. The molecule has 0 spiro atoms. The third-order valence-electron chi connectivity index (χ3n) is 5.12. The first-order chi connectivity index (χ1) is 12.0. The average Bonchev–Trinajstić information content (AvgIpc) is 3.18. The van der Waals surface area contributed by atoms with E-state index in [1.807, 2.05) is 24.3 Å². The van der Waals surface area contributed by atoms with Crippen LogP contribution in [0, 0.1) is 11.8 Å². The normalized spacial score (nSPS) is 21.6. The summed E-state index contributed by atoms with van der Waals surface area (Å²) in [4.78, 5) is 22.3. The lowest BCUT2D eigenvalue weighted by molar-refractivity contribution is 0.113. The number of benzene rings is 1. The van der Waals surface area contributed by atoms with Crippen molar-refractivity contribution in [3.05, 3.63) is 30.1 Å². The van der Waals surface area contributed by atoms with Crippen LogP contribution in [0.25, 0.3) is 11.0 Å². The van der Waals surface area contributed by atoms with Gasteiger partial charge in [0, 0.05) is 19.5 Å². The van der Waals surface area contributed by atoms with Crippen LogP contribution in [0.2, 0.25) is 0 Å². The zero-order valence-corrected chi connectivity index (χ0v) is 15.2. The number of aromatic amines is 1. The van der Waals surface area contributed by atoms with Gasteiger partial charge in [-0.3, -0.25) is 0 Å². The Labute approximate surface area is 148 Å². The van der Waals surface area contributed by atoms with Gasteiger partial charge in [-0.1, -0.05) is 32.4 Å². The number of rotatable bonds is 5. The van der Waals surface area contributed by atoms with Gasteiger partial charge in [0.15, 0.2) is 0 Å². The first-order valence-electron chi connectivity index (χ1n) is 9.10. The zero-order chi connectivity index (χ0) is 18.0. The van der Waals surface area contributed by atoms with E-state index in [1.165, 1.54) is 0 Å². The van der Waals surface area contributed by atoms with Gasteiger partial charge in [0.2, 0.25) is 0 Å². The van der Waals surface area contributed by atoms with E-state index in [-0.39, 0.29) is 30.0 Å². The smallest absolute Gasteiger partial charge is 0.317 e. The molecule has 3 N–H and O–H groups in total. The van der Waals surface area contributed by atoms with Crippen LogP contribution in [0.5, 0.6) is 0 Å². The first-order valence-corrected chi connectivity index (χ1v) is 9.10. The van der Waals surface area contributed by atoms with Gasteiger partial charge in [-0.2, -0.15) is 0 Å². The van der Waals surface area contributed by atoms with Crippen molar-refractivity contribution in [2.24, 2.45) is 11.8 Å². The number of hydrogen-bond acceptors (Lipinski definition) is 3. The van der Waals surface area contributed by atoms with E-state index in [0.717, 1.165) is 36.1 Å². The molecule has 1 aromatic heterocycles. The summed E-state index contributed by atoms with van der Waals surface area (Å²) >= 11 is 0. The molecular formula is C19H28N4O2. The van der Waals surface area contributed by atoms with E-state index in [0.29, 0.717) is 6.54 Å². The van der Waals surface area contributed by atoms with E-state index in [2.05, 4.69) is 29.1 Å². The lowest BCUT2D eigenvalue weighted by Gasteiger charge is -2.27. The van der Waals surface area contributed by atoms with Crippen molar-refractivity contribution in [1.82, 2.24) is 20.2 Å². The monoisotopic (exact) mass is 344 g/mol. The number of aromatic nitrogens is 2. The van der Waals surface area contributed by atoms with Gasteiger partial charge in [0.1, 0.15) is 5.82 Å². The number of hydrogen-bond donors (Lipinski definition) is 3. The molecule has 2 amide bonds. The fraction of sp³-hybridized carbons (Fsp3) is 0.579. The molecule has 2 aromatic rings. The average molecular weight is 344 g/mol. The maximum absolute atomic E-state index is 12.6. The summed E-state index contributed by atoms with van der Waals surface area (Å²) in [5.41, 5.74) is 1.87. The Hall–Kier alpha value is -2.08. The molecule has 0 radical (unpaired) electrons. The van der Waals surface area contributed by atoms with Crippen molar-refractivity contribution in [2.45, 2.75) is 45.3 Å². The summed E-state index contributed by atoms with van der Waals surface area (Å²) < 4.78 is 0. The molecule has 136 valence electrons. The molecule has 3 atom stereocenters. The summed E-state index contributed by atoms with van der Waals surface area (Å²) in [5.74, 6) is 1.16. The largest absolute Gasteiger partial charge is 0.393 e. The number of carbonyl (C=O) groups is 1. The summed E-state index contributed by atoms with van der Waals surface area (Å²) in [6.07, 6.45) is 2.57. The predicted octanol–water partition coefficient (Wildman–Crippen LogP) is 3.06. The second-order valence-electron chi connectivity index (χ2n) is 7.45. The van der Waals surface area contributed by atoms with Crippen LogP contribution in [0.1, 0.15) is 45.0 Å². The second kappa shape index (κ2) is 7.44. The highest BCUT2D eigenvalue weighted by Gasteiger charge is 2.29. The maximum atomic E-state index is 12.6. The van der Waals surface area contributed by atoms with Gasteiger partial charge in [-0.25, -0.2) is 9.78 Å². The van der Waals surface area contributed by atoms with Crippen LogP contribution in [-0.2, 0) is 0 Å². The second-order valence-corrected chi connectivity index (χ2v) is 7.45. The third kappa shape index (κ3) is 3.95. The minimum absolute atomic E-state index is 0.127. The molecule has 1 aliphatic carbocycles. The van der Waals surface area contributed by atoms with Gasteiger partial charge in [0.05, 0.1) is 23.2 Å². The number of amides is 2. The molecule has 3 rings (SSSR count). The summed E-state index contributed by atoms with van der Waals surface area (Å²) in [6, 6.07) is 7.56. The molecule has 25 heavy (non-hydrogen) atoms. The van der Waals surface area contributed by atoms with E-state index in [1.54, 1.807) is 11.9 Å². The van der Waals surface area contributed by atoms with E-state index >= 15 is 0 Å². The number of nitrogens with one attached hydrogen (secondary N) is 2.